The van der Waals surface area contributed by atoms with Crippen LogP contribution in [0.4, 0.5) is 0 Å². The molecule has 0 amide bonds. The molecule has 0 atom stereocenters. The van der Waals surface area contributed by atoms with Crippen molar-refractivity contribution in [3.05, 3.63) is 48.5 Å². The summed E-state index contributed by atoms with van der Waals surface area (Å²) in [5, 5.41) is 0. The molecule has 4 rings (SSSR count). The van der Waals surface area contributed by atoms with Gasteiger partial charge in [-0.2, -0.15) is 8.61 Å². The number of nitrogens with zero attached hydrogens (tertiary/aromatic N) is 2. The molecule has 0 aromatic heterocycles. The molecule has 180 valence electrons. The molecule has 2 heterocycles. The number of ether oxygens (including phenoxy) is 2. The zero-order chi connectivity index (χ0) is 23.7. The van der Waals surface area contributed by atoms with E-state index in [1.165, 1.54) is 45.0 Å². The standard InChI is InChI=1S/C20H24N2O8S3/c23-31(24,17-3-1-5-19(15-17)32(25,26)21-7-11-29-12-8-21)18-4-2-6-20(16-18)33(27,28)22-9-13-30-14-10-22/h1-6,15-16H,7-14H2. The molecule has 2 aromatic carbocycles. The fraction of sp³-hybridized carbons (Fsp3) is 0.400. The van der Waals surface area contributed by atoms with Crippen molar-refractivity contribution in [2.45, 2.75) is 19.6 Å². The first-order valence-electron chi connectivity index (χ1n) is 10.2. The molecule has 0 radical (unpaired) electrons. The molecule has 0 unspecified atom stereocenters. The highest BCUT2D eigenvalue weighted by Gasteiger charge is 2.30. The average molecular weight is 517 g/mol. The van der Waals surface area contributed by atoms with Crippen molar-refractivity contribution in [3.63, 3.8) is 0 Å². The van der Waals surface area contributed by atoms with E-state index in [2.05, 4.69) is 0 Å². The van der Waals surface area contributed by atoms with E-state index in [0.717, 1.165) is 12.1 Å². The van der Waals surface area contributed by atoms with Gasteiger partial charge in [-0.05, 0) is 36.4 Å². The Hall–Kier alpha value is -1.87. The van der Waals surface area contributed by atoms with E-state index >= 15 is 0 Å². The Bertz CT molecular complexity index is 1230. The lowest BCUT2D eigenvalue weighted by molar-refractivity contribution is 0.0730. The van der Waals surface area contributed by atoms with Crippen LogP contribution >= 0.6 is 0 Å². The number of rotatable bonds is 6. The molecule has 0 aliphatic carbocycles. The average Bonchev–Trinajstić information content (AvgIpc) is 2.85. The molecule has 2 aliphatic rings. The zero-order valence-electron chi connectivity index (χ0n) is 17.7. The van der Waals surface area contributed by atoms with Crippen LogP contribution in [-0.4, -0.2) is 86.5 Å². The smallest absolute Gasteiger partial charge is 0.243 e. The molecule has 0 spiro atoms. The minimum atomic E-state index is -4.18. The highest BCUT2D eigenvalue weighted by molar-refractivity contribution is 7.92. The number of benzene rings is 2. The van der Waals surface area contributed by atoms with Crippen LogP contribution in [0.15, 0.2) is 68.1 Å². The summed E-state index contributed by atoms with van der Waals surface area (Å²) >= 11 is 0. The Morgan fingerprint density at radius 1 is 0.545 bits per heavy atom. The molecule has 0 bridgehead atoms. The van der Waals surface area contributed by atoms with E-state index in [9.17, 15) is 25.3 Å². The largest absolute Gasteiger partial charge is 0.379 e. The Balaban J connectivity index is 1.68. The number of hydrogen-bond donors (Lipinski definition) is 0. The molecule has 33 heavy (non-hydrogen) atoms. The lowest BCUT2D eigenvalue weighted by Gasteiger charge is -2.26. The summed E-state index contributed by atoms with van der Waals surface area (Å²) in [5.74, 6) is 0. The van der Waals surface area contributed by atoms with Crippen LogP contribution in [0.3, 0.4) is 0 Å². The van der Waals surface area contributed by atoms with Crippen molar-refractivity contribution in [2.24, 2.45) is 0 Å². The Morgan fingerprint density at radius 3 is 1.24 bits per heavy atom. The predicted molar refractivity (Wildman–Crippen MR) is 117 cm³/mol. The molecule has 0 saturated carbocycles. The molecule has 2 aromatic rings. The van der Waals surface area contributed by atoms with E-state index in [1.54, 1.807) is 0 Å². The van der Waals surface area contributed by atoms with Crippen LogP contribution in [0, 0.1) is 0 Å². The third-order valence-electron chi connectivity index (χ3n) is 5.45. The highest BCUT2D eigenvalue weighted by atomic mass is 32.2. The molecule has 2 fully saturated rings. The molecule has 2 saturated heterocycles. The van der Waals surface area contributed by atoms with Gasteiger partial charge in [0.2, 0.25) is 29.9 Å². The van der Waals surface area contributed by atoms with Crippen molar-refractivity contribution in [3.8, 4) is 0 Å². The third kappa shape index (κ3) is 4.85. The van der Waals surface area contributed by atoms with Gasteiger partial charge in [-0.3, -0.25) is 0 Å². The van der Waals surface area contributed by atoms with Crippen LogP contribution in [0.5, 0.6) is 0 Å². The Morgan fingerprint density at radius 2 is 0.879 bits per heavy atom. The number of sulfone groups is 1. The molecular formula is C20H24N2O8S3. The predicted octanol–water partition coefficient (Wildman–Crippen LogP) is 0.561. The topological polar surface area (TPSA) is 127 Å². The third-order valence-corrected chi connectivity index (χ3v) is 11.0. The molecule has 0 N–H and O–H groups in total. The first-order valence-corrected chi connectivity index (χ1v) is 14.6. The Kier molecular flexibility index (Phi) is 6.92. The fourth-order valence-electron chi connectivity index (χ4n) is 3.61. The van der Waals surface area contributed by atoms with Crippen molar-refractivity contribution >= 4 is 29.9 Å². The van der Waals surface area contributed by atoms with Gasteiger partial charge in [-0.25, -0.2) is 25.3 Å². The second-order valence-corrected chi connectivity index (χ2v) is 13.3. The van der Waals surface area contributed by atoms with Crippen molar-refractivity contribution in [2.75, 3.05) is 52.6 Å². The number of sulfonamides is 2. The van der Waals surface area contributed by atoms with Gasteiger partial charge in [0, 0.05) is 26.2 Å². The minimum Gasteiger partial charge on any atom is -0.379 e. The summed E-state index contributed by atoms with van der Waals surface area (Å²) in [6.45, 7) is 1.79. The molecule has 10 nitrogen and oxygen atoms in total. The minimum absolute atomic E-state index is 0.150. The maximum atomic E-state index is 13.3. The summed E-state index contributed by atoms with van der Waals surface area (Å²) in [6.07, 6.45) is 0. The van der Waals surface area contributed by atoms with Gasteiger partial charge in [0.15, 0.2) is 0 Å². The first-order chi connectivity index (χ1) is 15.6. The maximum Gasteiger partial charge on any atom is 0.243 e. The van der Waals surface area contributed by atoms with Crippen molar-refractivity contribution < 1.29 is 34.7 Å². The first kappa shape index (κ1) is 24.3. The van der Waals surface area contributed by atoms with Gasteiger partial charge in [0.1, 0.15) is 0 Å². The van der Waals surface area contributed by atoms with Crippen LogP contribution in [0.1, 0.15) is 0 Å². The normalized spacial score (nSPS) is 19.4. The van der Waals surface area contributed by atoms with E-state index in [-0.39, 0.29) is 72.2 Å². The second kappa shape index (κ2) is 9.41. The number of morpholine rings is 2. The van der Waals surface area contributed by atoms with Gasteiger partial charge < -0.3 is 9.47 Å². The number of hydrogen-bond acceptors (Lipinski definition) is 8. The van der Waals surface area contributed by atoms with Crippen LogP contribution < -0.4 is 0 Å². The van der Waals surface area contributed by atoms with E-state index < -0.39 is 29.9 Å². The van der Waals surface area contributed by atoms with Gasteiger partial charge in [0.25, 0.3) is 0 Å². The quantitative estimate of drug-likeness (QED) is 0.545. The monoisotopic (exact) mass is 516 g/mol. The summed E-state index contributed by atoms with van der Waals surface area (Å²) in [5.41, 5.74) is 0. The maximum absolute atomic E-state index is 13.3. The van der Waals surface area contributed by atoms with Crippen molar-refractivity contribution in [1.82, 2.24) is 8.61 Å². The van der Waals surface area contributed by atoms with Crippen LogP contribution in [0.2, 0.25) is 0 Å². The van der Waals surface area contributed by atoms with E-state index in [0.29, 0.717) is 0 Å². The van der Waals surface area contributed by atoms with E-state index in [4.69, 9.17) is 9.47 Å². The van der Waals surface area contributed by atoms with Gasteiger partial charge in [0.05, 0.1) is 46.0 Å². The zero-order valence-corrected chi connectivity index (χ0v) is 20.1. The lowest BCUT2D eigenvalue weighted by atomic mass is 10.4. The molecule has 13 heteroatoms. The highest BCUT2D eigenvalue weighted by Crippen LogP contribution is 2.27. The summed E-state index contributed by atoms with van der Waals surface area (Å²) in [6, 6.07) is 10.2. The summed E-state index contributed by atoms with van der Waals surface area (Å²) in [4.78, 5) is -0.777. The SMILES string of the molecule is O=S(=O)(c1cccc(S(=O)(=O)N2CCOCC2)c1)c1cccc(S(=O)(=O)N2CCOCC2)c1. The second-order valence-electron chi connectivity index (χ2n) is 7.49. The Labute approximate surface area is 193 Å². The van der Waals surface area contributed by atoms with Crippen molar-refractivity contribution in [1.29, 1.82) is 0 Å². The van der Waals surface area contributed by atoms with E-state index in [1.807, 2.05) is 0 Å². The molecular weight excluding hydrogens is 492 g/mol. The fourth-order valence-corrected chi connectivity index (χ4v) is 8.02. The van der Waals surface area contributed by atoms with Gasteiger partial charge in [-0.1, -0.05) is 12.1 Å². The van der Waals surface area contributed by atoms with Crippen LogP contribution in [-0.2, 0) is 39.4 Å². The summed E-state index contributed by atoms with van der Waals surface area (Å²) < 4.78 is 91.2. The van der Waals surface area contributed by atoms with Gasteiger partial charge >= 0.3 is 0 Å². The summed E-state index contributed by atoms with van der Waals surface area (Å²) in [7, 11) is -12.0. The lowest BCUT2D eigenvalue weighted by Crippen LogP contribution is -2.40. The molecule has 2 aliphatic heterocycles. The van der Waals surface area contributed by atoms with Crippen LogP contribution in [0.25, 0.3) is 0 Å². The van der Waals surface area contributed by atoms with Gasteiger partial charge in [-0.15, -0.1) is 0 Å².